The van der Waals surface area contributed by atoms with Crippen molar-refractivity contribution in [3.63, 3.8) is 0 Å². The second-order valence-corrected chi connectivity index (χ2v) is 9.08. The number of aliphatic hydroxyl groups is 1. The Kier molecular flexibility index (Phi) is 7.64. The molecule has 0 aromatic carbocycles. The van der Waals surface area contributed by atoms with E-state index in [1.807, 2.05) is 6.07 Å². The van der Waals surface area contributed by atoms with Gasteiger partial charge in [0.1, 0.15) is 17.7 Å². The third kappa shape index (κ3) is 7.12. The van der Waals surface area contributed by atoms with E-state index in [1.54, 1.807) is 26.8 Å². The first-order valence-corrected chi connectivity index (χ1v) is 10.2. The van der Waals surface area contributed by atoms with Crippen molar-refractivity contribution in [2.45, 2.75) is 70.7 Å². The molecule has 2 unspecified atom stereocenters. The molecule has 2 heterocycles. The van der Waals surface area contributed by atoms with Gasteiger partial charge in [0.05, 0.1) is 5.97 Å². The van der Waals surface area contributed by atoms with E-state index in [0.29, 0.717) is 4.88 Å². The van der Waals surface area contributed by atoms with Crippen molar-refractivity contribution in [3.8, 4) is 0 Å². The Morgan fingerprint density at radius 3 is 2.44 bits per heavy atom. The largest absolute Gasteiger partial charge is 0.548 e. The highest BCUT2D eigenvalue weighted by atomic mass is 32.1. The molecule has 2 atom stereocenters. The van der Waals surface area contributed by atoms with E-state index in [2.05, 4.69) is 10.2 Å². The second-order valence-electron chi connectivity index (χ2n) is 7.88. The number of amides is 1. The van der Waals surface area contributed by atoms with Gasteiger partial charge in [-0.2, -0.15) is 0 Å². The Bertz CT molecular complexity index is 632. The van der Waals surface area contributed by atoms with E-state index in [9.17, 15) is 19.8 Å². The molecule has 1 aliphatic heterocycles. The molecule has 2 rings (SSSR count). The topological polar surface area (TPSA) is 102 Å². The van der Waals surface area contributed by atoms with Gasteiger partial charge in [0.15, 0.2) is 0 Å². The predicted molar refractivity (Wildman–Crippen MR) is 101 cm³/mol. The van der Waals surface area contributed by atoms with Crippen LogP contribution in [0.1, 0.15) is 62.3 Å². The van der Waals surface area contributed by atoms with Crippen molar-refractivity contribution >= 4 is 23.4 Å². The van der Waals surface area contributed by atoms with E-state index in [0.717, 1.165) is 24.5 Å². The first-order valence-electron chi connectivity index (χ1n) is 9.35. The molecule has 7 nitrogen and oxygen atoms in total. The zero-order valence-corrected chi connectivity index (χ0v) is 17.0. The first kappa shape index (κ1) is 21.7. The van der Waals surface area contributed by atoms with E-state index in [4.69, 9.17) is 4.74 Å². The number of alkyl carbamates (subject to hydrolysis) is 1. The van der Waals surface area contributed by atoms with Gasteiger partial charge in [-0.1, -0.05) is 12.8 Å². The first-order chi connectivity index (χ1) is 12.7. The van der Waals surface area contributed by atoms with Crippen LogP contribution in [0, 0.1) is 0 Å². The van der Waals surface area contributed by atoms with Crippen molar-refractivity contribution in [1.29, 1.82) is 0 Å². The minimum atomic E-state index is -1.58. The number of carboxylic acid groups (broad SMARTS) is 1. The summed E-state index contributed by atoms with van der Waals surface area (Å²) in [7, 11) is 0. The van der Waals surface area contributed by atoms with Crippen molar-refractivity contribution < 1.29 is 24.5 Å². The van der Waals surface area contributed by atoms with Crippen molar-refractivity contribution in [2.75, 3.05) is 13.1 Å². The number of nitrogens with zero attached hydrogens (tertiary/aromatic N) is 1. The molecule has 0 saturated carbocycles. The van der Waals surface area contributed by atoms with Crippen LogP contribution in [0.5, 0.6) is 0 Å². The lowest BCUT2D eigenvalue weighted by Gasteiger charge is -2.26. The van der Waals surface area contributed by atoms with Gasteiger partial charge in [-0.05, 0) is 58.8 Å². The summed E-state index contributed by atoms with van der Waals surface area (Å²) in [5, 5.41) is 24.1. The smallest absolute Gasteiger partial charge is 0.408 e. The van der Waals surface area contributed by atoms with E-state index < -0.39 is 29.8 Å². The summed E-state index contributed by atoms with van der Waals surface area (Å²) in [5.41, 5.74) is -0.769. The summed E-state index contributed by atoms with van der Waals surface area (Å²) in [4.78, 5) is 27.2. The molecule has 152 valence electrons. The quantitative estimate of drug-likeness (QED) is 0.759. The highest BCUT2D eigenvalue weighted by Gasteiger charge is 2.28. The molecule has 1 aromatic heterocycles. The van der Waals surface area contributed by atoms with Gasteiger partial charge < -0.3 is 25.1 Å². The number of hydrogen-bond acceptors (Lipinski definition) is 7. The lowest BCUT2D eigenvalue weighted by atomic mass is 10.1. The van der Waals surface area contributed by atoms with Crippen LogP contribution in [0.4, 0.5) is 4.79 Å². The average Bonchev–Trinajstić information content (AvgIpc) is 2.86. The zero-order chi connectivity index (χ0) is 20.0. The van der Waals surface area contributed by atoms with Crippen LogP contribution in [0.25, 0.3) is 0 Å². The Balaban J connectivity index is 2.00. The molecular formula is C19H29N2O5S-. The van der Waals surface area contributed by atoms with Gasteiger partial charge in [-0.3, -0.25) is 4.90 Å². The maximum atomic E-state index is 11.9. The summed E-state index contributed by atoms with van der Waals surface area (Å²) < 4.78 is 5.07. The maximum absolute atomic E-state index is 11.9. The Morgan fingerprint density at radius 2 is 1.89 bits per heavy atom. The molecule has 1 amide bonds. The van der Waals surface area contributed by atoms with Gasteiger partial charge in [0, 0.05) is 16.3 Å². The maximum Gasteiger partial charge on any atom is 0.408 e. The van der Waals surface area contributed by atoms with E-state index in [-0.39, 0.29) is 0 Å². The van der Waals surface area contributed by atoms with Gasteiger partial charge in [0.2, 0.25) is 0 Å². The average molecular weight is 398 g/mol. The standard InChI is InChI=1S/C19H30N2O5S/c1-19(2,3)26-18(25)20-15(17(23)24)16(22)14-9-8-13(27-14)12-21-10-6-4-5-7-11-21/h8-9,15-16,22H,4-7,10-12H2,1-3H3,(H,20,25)(H,23,24)/p-1. The van der Waals surface area contributed by atoms with Crippen LogP contribution in [-0.4, -0.2) is 46.8 Å². The molecule has 0 spiro atoms. The van der Waals surface area contributed by atoms with Crippen LogP contribution in [-0.2, 0) is 16.1 Å². The molecule has 1 saturated heterocycles. The van der Waals surface area contributed by atoms with E-state index >= 15 is 0 Å². The minimum absolute atomic E-state index is 0.477. The molecule has 0 bridgehead atoms. The summed E-state index contributed by atoms with van der Waals surface area (Å²) in [6, 6.07) is 2.02. The van der Waals surface area contributed by atoms with Crippen molar-refractivity contribution in [3.05, 3.63) is 21.9 Å². The number of carbonyl (C=O) groups excluding carboxylic acids is 2. The number of carboxylic acids is 1. The lowest BCUT2D eigenvalue weighted by Crippen LogP contribution is -2.52. The zero-order valence-electron chi connectivity index (χ0n) is 16.2. The fourth-order valence-corrected chi connectivity index (χ4v) is 4.10. The number of nitrogens with one attached hydrogen (secondary N) is 1. The van der Waals surface area contributed by atoms with Gasteiger partial charge >= 0.3 is 6.09 Å². The fourth-order valence-electron chi connectivity index (χ4n) is 3.02. The lowest BCUT2D eigenvalue weighted by molar-refractivity contribution is -0.310. The van der Waals surface area contributed by atoms with E-state index in [1.165, 1.54) is 37.0 Å². The molecule has 2 N–H and O–H groups in total. The van der Waals surface area contributed by atoms with Gasteiger partial charge in [-0.15, -0.1) is 11.3 Å². The molecule has 1 fully saturated rings. The number of rotatable bonds is 6. The molecule has 27 heavy (non-hydrogen) atoms. The molecule has 0 aliphatic carbocycles. The second kappa shape index (κ2) is 9.52. The third-order valence-electron chi connectivity index (χ3n) is 4.29. The molecule has 0 radical (unpaired) electrons. The SMILES string of the molecule is CC(C)(C)OC(=O)NC(C(=O)[O-])C(O)c1ccc(CN2CCCCCC2)s1. The number of aliphatic hydroxyl groups excluding tert-OH is 1. The molecule has 8 heteroatoms. The highest BCUT2D eigenvalue weighted by Crippen LogP contribution is 2.27. The Labute approximate surface area is 164 Å². The van der Waals surface area contributed by atoms with Crippen LogP contribution in [0.15, 0.2) is 12.1 Å². The number of aliphatic carboxylic acids is 1. The van der Waals surface area contributed by atoms with Crippen LogP contribution >= 0.6 is 11.3 Å². The Morgan fingerprint density at radius 1 is 1.26 bits per heavy atom. The summed E-state index contributed by atoms with van der Waals surface area (Å²) >= 11 is 1.35. The number of thiophene rings is 1. The summed E-state index contributed by atoms with van der Waals surface area (Å²) in [5.74, 6) is -1.56. The molecular weight excluding hydrogens is 368 g/mol. The van der Waals surface area contributed by atoms with Crippen molar-refractivity contribution in [2.24, 2.45) is 0 Å². The molecule has 1 aromatic rings. The minimum Gasteiger partial charge on any atom is -0.548 e. The Hall–Kier alpha value is -1.64. The normalized spacial score (nSPS) is 18.4. The highest BCUT2D eigenvalue weighted by molar-refractivity contribution is 7.12. The summed E-state index contributed by atoms with van der Waals surface area (Å²) in [6.07, 6.45) is 2.59. The summed E-state index contributed by atoms with van der Waals surface area (Å²) in [6.45, 7) is 7.91. The fraction of sp³-hybridized carbons (Fsp3) is 0.684. The number of ether oxygens (including phenoxy) is 1. The number of carbonyl (C=O) groups is 2. The predicted octanol–water partition coefficient (Wildman–Crippen LogP) is 1.80. The van der Waals surface area contributed by atoms with Gasteiger partial charge in [-0.25, -0.2) is 4.79 Å². The van der Waals surface area contributed by atoms with Crippen molar-refractivity contribution in [1.82, 2.24) is 10.2 Å². The van der Waals surface area contributed by atoms with Crippen LogP contribution < -0.4 is 10.4 Å². The van der Waals surface area contributed by atoms with Crippen LogP contribution in [0.3, 0.4) is 0 Å². The van der Waals surface area contributed by atoms with Crippen LogP contribution in [0.2, 0.25) is 0 Å². The number of likely N-dealkylation sites (tertiary alicyclic amines) is 1. The van der Waals surface area contributed by atoms with Gasteiger partial charge in [0.25, 0.3) is 0 Å². The molecule has 1 aliphatic rings. The third-order valence-corrected chi connectivity index (χ3v) is 5.43. The monoisotopic (exact) mass is 397 g/mol. The number of hydrogen-bond donors (Lipinski definition) is 2.